The van der Waals surface area contributed by atoms with Crippen LogP contribution >= 0.6 is 15.9 Å². The lowest BCUT2D eigenvalue weighted by Gasteiger charge is -2.46. The van der Waals surface area contributed by atoms with Crippen molar-refractivity contribution < 1.29 is 0 Å². The van der Waals surface area contributed by atoms with Crippen molar-refractivity contribution in [2.24, 2.45) is 13.0 Å². The Morgan fingerprint density at radius 1 is 1.47 bits per heavy atom. The van der Waals surface area contributed by atoms with Crippen LogP contribution in [0.3, 0.4) is 0 Å². The number of hydrogen-bond acceptors (Lipinski definition) is 3. The molecule has 1 aliphatic heterocycles. The van der Waals surface area contributed by atoms with Gasteiger partial charge in [-0.05, 0) is 48.5 Å². The Morgan fingerprint density at radius 2 is 2.21 bits per heavy atom. The molecule has 1 aromatic heterocycles. The highest BCUT2D eigenvalue weighted by Gasteiger charge is 2.46. The van der Waals surface area contributed by atoms with Gasteiger partial charge in [0.2, 0.25) is 0 Å². The van der Waals surface area contributed by atoms with E-state index in [2.05, 4.69) is 45.1 Å². The molecule has 1 saturated carbocycles. The molecule has 19 heavy (non-hydrogen) atoms. The molecule has 1 N–H and O–H groups in total. The highest BCUT2D eigenvalue weighted by molar-refractivity contribution is 9.10. The molecule has 0 amide bonds. The fourth-order valence-electron chi connectivity index (χ4n) is 3.32. The van der Waals surface area contributed by atoms with Gasteiger partial charge in [0.25, 0.3) is 0 Å². The molecule has 2 fully saturated rings. The molecule has 5 heteroatoms. The van der Waals surface area contributed by atoms with Gasteiger partial charge in [0.15, 0.2) is 0 Å². The number of piperazine rings is 1. The minimum Gasteiger partial charge on any atom is -0.314 e. The smallest absolute Gasteiger partial charge is 0.0739 e. The monoisotopic (exact) mass is 326 g/mol. The van der Waals surface area contributed by atoms with E-state index in [-0.39, 0.29) is 0 Å². The third-order valence-electron chi connectivity index (χ3n) is 4.82. The van der Waals surface area contributed by atoms with Crippen molar-refractivity contribution >= 4 is 15.9 Å². The van der Waals surface area contributed by atoms with E-state index in [1.807, 2.05) is 11.7 Å². The van der Waals surface area contributed by atoms with Crippen LogP contribution in [0.5, 0.6) is 0 Å². The lowest BCUT2D eigenvalue weighted by Crippen LogP contribution is -2.60. The number of rotatable bonds is 3. The van der Waals surface area contributed by atoms with Gasteiger partial charge in [-0.2, -0.15) is 5.10 Å². The summed E-state index contributed by atoms with van der Waals surface area (Å²) >= 11 is 3.69. The Bertz CT molecular complexity index is 480. The van der Waals surface area contributed by atoms with Crippen molar-refractivity contribution in [1.82, 2.24) is 20.0 Å². The standard InChI is InChI=1S/C14H23BrN4/c1-10-13(15)12(18(3)17-10)8-19-7-6-16-9-14(19,2)11-4-5-11/h11,16H,4-9H2,1-3H3. The summed E-state index contributed by atoms with van der Waals surface area (Å²) < 4.78 is 3.20. The van der Waals surface area contributed by atoms with Gasteiger partial charge in [0.1, 0.15) is 0 Å². The van der Waals surface area contributed by atoms with E-state index in [0.29, 0.717) is 5.54 Å². The third kappa shape index (κ3) is 2.36. The number of hydrogen-bond donors (Lipinski definition) is 1. The van der Waals surface area contributed by atoms with Crippen molar-refractivity contribution in [3.63, 3.8) is 0 Å². The summed E-state index contributed by atoms with van der Waals surface area (Å²) in [6.45, 7) is 8.82. The molecule has 2 heterocycles. The topological polar surface area (TPSA) is 33.1 Å². The Hall–Kier alpha value is -0.390. The minimum atomic E-state index is 0.315. The van der Waals surface area contributed by atoms with Crippen LogP contribution in [0.4, 0.5) is 0 Å². The summed E-state index contributed by atoms with van der Waals surface area (Å²) in [7, 11) is 2.05. The van der Waals surface area contributed by atoms with Crippen molar-refractivity contribution in [2.45, 2.75) is 38.8 Å². The zero-order valence-electron chi connectivity index (χ0n) is 12.0. The SMILES string of the molecule is Cc1nn(C)c(CN2CCNCC2(C)C2CC2)c1Br. The summed E-state index contributed by atoms with van der Waals surface area (Å²) in [5, 5.41) is 8.08. The van der Waals surface area contributed by atoms with Crippen molar-refractivity contribution in [2.75, 3.05) is 19.6 Å². The Labute approximate surface area is 123 Å². The molecule has 1 saturated heterocycles. The second kappa shape index (κ2) is 4.86. The van der Waals surface area contributed by atoms with Crippen LogP contribution in [0.15, 0.2) is 4.47 Å². The van der Waals surface area contributed by atoms with E-state index in [9.17, 15) is 0 Å². The summed E-state index contributed by atoms with van der Waals surface area (Å²) in [5.74, 6) is 0.869. The molecule has 3 rings (SSSR count). The second-order valence-electron chi connectivity index (χ2n) is 6.20. The summed E-state index contributed by atoms with van der Waals surface area (Å²) in [5.41, 5.74) is 2.70. The van der Waals surface area contributed by atoms with Gasteiger partial charge >= 0.3 is 0 Å². The minimum absolute atomic E-state index is 0.315. The van der Waals surface area contributed by atoms with Gasteiger partial charge in [-0.3, -0.25) is 9.58 Å². The van der Waals surface area contributed by atoms with Crippen molar-refractivity contribution in [3.05, 3.63) is 15.9 Å². The lowest BCUT2D eigenvalue weighted by atomic mass is 9.91. The van der Waals surface area contributed by atoms with E-state index in [1.54, 1.807) is 0 Å². The Kier molecular flexibility index (Phi) is 3.48. The van der Waals surface area contributed by atoms with Crippen LogP contribution in [-0.2, 0) is 13.6 Å². The Balaban J connectivity index is 1.84. The molecule has 0 bridgehead atoms. The average Bonchev–Trinajstić information content (AvgIpc) is 3.18. The first-order valence-corrected chi connectivity index (χ1v) is 7.95. The number of halogens is 1. The van der Waals surface area contributed by atoms with Crippen LogP contribution in [0.25, 0.3) is 0 Å². The second-order valence-corrected chi connectivity index (χ2v) is 6.99. The molecule has 4 nitrogen and oxygen atoms in total. The van der Waals surface area contributed by atoms with Crippen molar-refractivity contribution in [3.8, 4) is 0 Å². The highest BCUT2D eigenvalue weighted by Crippen LogP contribution is 2.44. The third-order valence-corrected chi connectivity index (χ3v) is 5.85. The maximum atomic E-state index is 4.51. The van der Waals surface area contributed by atoms with Crippen LogP contribution < -0.4 is 5.32 Å². The normalized spacial score (nSPS) is 28.8. The molecule has 2 aliphatic rings. The van der Waals surface area contributed by atoms with Gasteiger partial charge in [0.05, 0.1) is 15.9 Å². The molecule has 1 aromatic rings. The van der Waals surface area contributed by atoms with Crippen LogP contribution in [0, 0.1) is 12.8 Å². The molecule has 0 spiro atoms. The number of nitrogens with zero attached hydrogens (tertiary/aromatic N) is 3. The quantitative estimate of drug-likeness (QED) is 0.923. The van der Waals surface area contributed by atoms with Gasteiger partial charge in [-0.25, -0.2) is 0 Å². The Morgan fingerprint density at radius 3 is 2.79 bits per heavy atom. The summed E-state index contributed by atoms with van der Waals surface area (Å²) in [6, 6.07) is 0. The fourth-order valence-corrected chi connectivity index (χ4v) is 3.78. The lowest BCUT2D eigenvalue weighted by molar-refractivity contribution is 0.0461. The predicted molar refractivity (Wildman–Crippen MR) is 80.1 cm³/mol. The van der Waals surface area contributed by atoms with Crippen LogP contribution in [0.1, 0.15) is 31.2 Å². The van der Waals surface area contributed by atoms with Crippen LogP contribution in [0.2, 0.25) is 0 Å². The average molecular weight is 327 g/mol. The van der Waals surface area contributed by atoms with Gasteiger partial charge < -0.3 is 5.32 Å². The molecule has 1 aliphatic carbocycles. The summed E-state index contributed by atoms with van der Waals surface area (Å²) in [6.07, 6.45) is 2.78. The number of aromatic nitrogens is 2. The zero-order chi connectivity index (χ0) is 13.6. The molecular formula is C14H23BrN4. The first-order valence-electron chi connectivity index (χ1n) is 7.16. The van der Waals surface area contributed by atoms with Crippen LogP contribution in [-0.4, -0.2) is 39.9 Å². The largest absolute Gasteiger partial charge is 0.314 e. The zero-order valence-corrected chi connectivity index (χ0v) is 13.6. The molecule has 106 valence electrons. The van der Waals surface area contributed by atoms with E-state index in [0.717, 1.165) is 37.8 Å². The van der Waals surface area contributed by atoms with Gasteiger partial charge in [-0.15, -0.1) is 0 Å². The van der Waals surface area contributed by atoms with Gasteiger partial charge in [-0.1, -0.05) is 0 Å². The molecular weight excluding hydrogens is 304 g/mol. The van der Waals surface area contributed by atoms with Gasteiger partial charge in [0, 0.05) is 38.8 Å². The predicted octanol–water partition coefficient (Wildman–Crippen LogP) is 2.06. The van der Waals surface area contributed by atoms with Crippen molar-refractivity contribution in [1.29, 1.82) is 0 Å². The maximum Gasteiger partial charge on any atom is 0.0739 e. The number of nitrogens with one attached hydrogen (secondary N) is 1. The van der Waals surface area contributed by atoms with E-state index >= 15 is 0 Å². The molecule has 1 atom stereocenters. The maximum absolute atomic E-state index is 4.51. The molecule has 0 aromatic carbocycles. The fraction of sp³-hybridized carbons (Fsp3) is 0.786. The van der Waals surface area contributed by atoms with E-state index in [4.69, 9.17) is 0 Å². The van der Waals surface area contributed by atoms with E-state index < -0.39 is 0 Å². The summed E-state index contributed by atoms with van der Waals surface area (Å²) in [4.78, 5) is 2.66. The molecule has 0 radical (unpaired) electrons. The first-order chi connectivity index (χ1) is 9.02. The number of aryl methyl sites for hydroxylation is 2. The van der Waals surface area contributed by atoms with E-state index in [1.165, 1.54) is 23.0 Å². The highest BCUT2D eigenvalue weighted by atomic mass is 79.9. The first kappa shape index (κ1) is 13.6. The molecule has 1 unspecified atom stereocenters.